The Bertz CT molecular complexity index is 408. The van der Waals surface area contributed by atoms with Gasteiger partial charge in [-0.05, 0) is 24.1 Å². The van der Waals surface area contributed by atoms with Gasteiger partial charge < -0.3 is 14.8 Å². The van der Waals surface area contributed by atoms with Crippen molar-refractivity contribution in [3.63, 3.8) is 0 Å². The van der Waals surface area contributed by atoms with Crippen molar-refractivity contribution in [3.05, 3.63) is 22.7 Å². The Kier molecular flexibility index (Phi) is 7.78. The van der Waals surface area contributed by atoms with Gasteiger partial charge in [-0.2, -0.15) is 0 Å². The van der Waals surface area contributed by atoms with Crippen molar-refractivity contribution in [2.75, 3.05) is 13.7 Å². The Labute approximate surface area is 127 Å². The number of hydrogen-bond acceptors (Lipinski definition) is 3. The Hall–Kier alpha value is -0.930. The van der Waals surface area contributed by atoms with E-state index in [-0.39, 0.29) is 0 Å². The van der Waals surface area contributed by atoms with E-state index in [1.165, 1.54) is 6.42 Å². The highest BCUT2D eigenvalue weighted by molar-refractivity contribution is 6.32. The molecule has 20 heavy (non-hydrogen) atoms. The maximum Gasteiger partial charge on any atom is 0.179 e. The lowest BCUT2D eigenvalue weighted by molar-refractivity contribution is 0.286. The molecule has 0 heterocycles. The van der Waals surface area contributed by atoms with Crippen LogP contribution in [-0.4, -0.2) is 19.8 Å². The van der Waals surface area contributed by atoms with Gasteiger partial charge in [-0.25, -0.2) is 0 Å². The lowest BCUT2D eigenvalue weighted by Crippen LogP contribution is -2.21. The molecule has 114 valence electrons. The smallest absolute Gasteiger partial charge is 0.179 e. The molecular weight excluding hydrogens is 274 g/mol. The maximum absolute atomic E-state index is 6.31. The molecule has 0 aromatic heterocycles. The molecule has 0 unspecified atom stereocenters. The van der Waals surface area contributed by atoms with Crippen LogP contribution in [0.15, 0.2) is 12.1 Å². The number of unbranched alkanes of at least 4 members (excludes halogenated alkanes) is 2. The lowest BCUT2D eigenvalue weighted by atomic mass is 10.2. The summed E-state index contributed by atoms with van der Waals surface area (Å²) in [6.07, 6.45) is 3.37. The molecule has 1 rings (SSSR count). The Morgan fingerprint density at radius 3 is 2.60 bits per heavy atom. The number of nitrogens with one attached hydrogen (secondary N) is 1. The normalized spacial score (nSPS) is 10.9. The van der Waals surface area contributed by atoms with Crippen LogP contribution in [0.2, 0.25) is 5.02 Å². The van der Waals surface area contributed by atoms with E-state index in [0.717, 1.165) is 24.9 Å². The predicted molar refractivity (Wildman–Crippen MR) is 85.0 cm³/mol. The molecule has 0 atom stereocenters. The first kappa shape index (κ1) is 17.1. The van der Waals surface area contributed by atoms with E-state index in [0.29, 0.717) is 29.2 Å². The molecule has 0 radical (unpaired) electrons. The average molecular weight is 300 g/mol. The average Bonchev–Trinajstić information content (AvgIpc) is 2.42. The fourth-order valence-corrected chi connectivity index (χ4v) is 2.15. The molecule has 1 aromatic rings. The zero-order valence-corrected chi connectivity index (χ0v) is 13.7. The second-order valence-corrected chi connectivity index (χ2v) is 5.61. The first-order valence-corrected chi connectivity index (χ1v) is 7.68. The number of rotatable bonds is 9. The summed E-state index contributed by atoms with van der Waals surface area (Å²) in [5.41, 5.74) is 1.10. The second-order valence-electron chi connectivity index (χ2n) is 5.20. The SMILES string of the molecule is CCCCCOc1c(Cl)cc(CNC(C)C)cc1OC. The highest BCUT2D eigenvalue weighted by Gasteiger charge is 2.12. The standard InChI is InChI=1S/C16H26ClNO2/c1-5-6-7-8-20-16-14(17)9-13(10-15(16)19-4)11-18-12(2)3/h9-10,12,18H,5-8,11H2,1-4H3. The minimum atomic E-state index is 0.435. The molecule has 0 amide bonds. The summed E-state index contributed by atoms with van der Waals surface area (Å²) in [6.45, 7) is 7.84. The van der Waals surface area contributed by atoms with Crippen LogP contribution in [0.3, 0.4) is 0 Å². The van der Waals surface area contributed by atoms with Crippen molar-refractivity contribution < 1.29 is 9.47 Å². The molecule has 0 aliphatic heterocycles. The molecule has 0 aliphatic rings. The summed E-state index contributed by atoms with van der Waals surface area (Å²) in [4.78, 5) is 0. The minimum Gasteiger partial charge on any atom is -0.493 e. The van der Waals surface area contributed by atoms with Gasteiger partial charge in [-0.3, -0.25) is 0 Å². The highest BCUT2D eigenvalue weighted by Crippen LogP contribution is 2.36. The molecule has 1 N–H and O–H groups in total. The summed E-state index contributed by atoms with van der Waals surface area (Å²) in [6, 6.07) is 4.36. The Morgan fingerprint density at radius 2 is 2.00 bits per heavy atom. The molecule has 0 spiro atoms. The molecule has 0 saturated carbocycles. The van der Waals surface area contributed by atoms with Crippen LogP contribution >= 0.6 is 11.6 Å². The van der Waals surface area contributed by atoms with Gasteiger partial charge in [-0.1, -0.05) is 45.2 Å². The van der Waals surface area contributed by atoms with Crippen molar-refractivity contribution in [1.82, 2.24) is 5.32 Å². The van der Waals surface area contributed by atoms with Gasteiger partial charge in [-0.15, -0.1) is 0 Å². The van der Waals surface area contributed by atoms with Gasteiger partial charge in [0.1, 0.15) is 0 Å². The van der Waals surface area contributed by atoms with Gasteiger partial charge in [0.15, 0.2) is 11.5 Å². The fourth-order valence-electron chi connectivity index (χ4n) is 1.86. The fraction of sp³-hybridized carbons (Fsp3) is 0.625. The van der Waals surface area contributed by atoms with Crippen LogP contribution in [0.25, 0.3) is 0 Å². The number of halogens is 1. The number of benzene rings is 1. The van der Waals surface area contributed by atoms with Gasteiger partial charge >= 0.3 is 0 Å². The third-order valence-electron chi connectivity index (χ3n) is 3.00. The summed E-state index contributed by atoms with van der Waals surface area (Å²) in [5, 5.41) is 3.98. The molecule has 0 saturated heterocycles. The van der Waals surface area contributed by atoms with E-state index in [1.807, 2.05) is 12.1 Å². The van der Waals surface area contributed by atoms with Crippen LogP contribution in [-0.2, 0) is 6.54 Å². The van der Waals surface area contributed by atoms with E-state index in [1.54, 1.807) is 7.11 Å². The minimum absolute atomic E-state index is 0.435. The molecule has 0 aliphatic carbocycles. The molecule has 0 bridgehead atoms. The molecule has 0 fully saturated rings. The number of methoxy groups -OCH3 is 1. The highest BCUT2D eigenvalue weighted by atomic mass is 35.5. The maximum atomic E-state index is 6.31. The topological polar surface area (TPSA) is 30.5 Å². The van der Waals surface area contributed by atoms with Crippen molar-refractivity contribution in [3.8, 4) is 11.5 Å². The van der Waals surface area contributed by atoms with Crippen LogP contribution in [0.1, 0.15) is 45.6 Å². The number of hydrogen-bond donors (Lipinski definition) is 1. The zero-order valence-electron chi connectivity index (χ0n) is 13.0. The summed E-state index contributed by atoms with van der Waals surface area (Å²) in [5.74, 6) is 1.35. The third kappa shape index (κ3) is 5.59. The van der Waals surface area contributed by atoms with E-state index < -0.39 is 0 Å². The third-order valence-corrected chi connectivity index (χ3v) is 3.28. The molecule has 3 nitrogen and oxygen atoms in total. The van der Waals surface area contributed by atoms with Gasteiger partial charge in [0.05, 0.1) is 18.7 Å². The predicted octanol–water partition coefficient (Wildman–Crippen LogP) is 4.42. The van der Waals surface area contributed by atoms with Crippen molar-refractivity contribution in [2.24, 2.45) is 0 Å². The van der Waals surface area contributed by atoms with E-state index in [4.69, 9.17) is 21.1 Å². The second kappa shape index (κ2) is 9.09. The summed E-state index contributed by atoms with van der Waals surface area (Å²) in [7, 11) is 1.64. The van der Waals surface area contributed by atoms with E-state index in [2.05, 4.69) is 26.1 Å². The van der Waals surface area contributed by atoms with Crippen molar-refractivity contribution in [1.29, 1.82) is 0 Å². The lowest BCUT2D eigenvalue weighted by Gasteiger charge is -2.15. The first-order chi connectivity index (χ1) is 9.58. The van der Waals surface area contributed by atoms with Crippen molar-refractivity contribution in [2.45, 2.75) is 52.6 Å². The zero-order chi connectivity index (χ0) is 15.0. The van der Waals surface area contributed by atoms with Crippen molar-refractivity contribution >= 4 is 11.6 Å². The van der Waals surface area contributed by atoms with Crippen LogP contribution in [0, 0.1) is 0 Å². The Morgan fingerprint density at radius 1 is 1.25 bits per heavy atom. The quantitative estimate of drug-likeness (QED) is 0.685. The molecule has 1 aromatic carbocycles. The molecule has 4 heteroatoms. The van der Waals surface area contributed by atoms with Gasteiger partial charge in [0, 0.05) is 12.6 Å². The number of ether oxygens (including phenoxy) is 2. The summed E-state index contributed by atoms with van der Waals surface area (Å²) < 4.78 is 11.2. The van der Waals surface area contributed by atoms with E-state index in [9.17, 15) is 0 Å². The van der Waals surface area contributed by atoms with Crippen LogP contribution in [0.4, 0.5) is 0 Å². The Balaban J connectivity index is 2.74. The monoisotopic (exact) mass is 299 g/mol. The first-order valence-electron chi connectivity index (χ1n) is 7.31. The molecular formula is C16H26ClNO2. The van der Waals surface area contributed by atoms with E-state index >= 15 is 0 Å². The van der Waals surface area contributed by atoms with Crippen LogP contribution in [0.5, 0.6) is 11.5 Å². The van der Waals surface area contributed by atoms with Gasteiger partial charge in [0.25, 0.3) is 0 Å². The largest absolute Gasteiger partial charge is 0.493 e. The summed E-state index contributed by atoms with van der Waals surface area (Å²) >= 11 is 6.31. The van der Waals surface area contributed by atoms with Crippen LogP contribution < -0.4 is 14.8 Å². The van der Waals surface area contributed by atoms with Gasteiger partial charge in [0.2, 0.25) is 0 Å².